The van der Waals surface area contributed by atoms with E-state index in [0.717, 1.165) is 10.2 Å². The fraction of sp³-hybridized carbons (Fsp3) is 0. The van der Waals surface area contributed by atoms with E-state index in [1.54, 1.807) is 24.3 Å². The van der Waals surface area contributed by atoms with Gasteiger partial charge in [-0.05, 0) is 24.3 Å². The quantitative estimate of drug-likeness (QED) is 0.416. The van der Waals surface area contributed by atoms with Gasteiger partial charge in [-0.1, -0.05) is 47.2 Å². The minimum Gasteiger partial charge on any atom is -0.306 e. The molecule has 4 N–H and O–H groups in total. The molecule has 0 unspecified atom stereocenters. The van der Waals surface area contributed by atoms with Crippen LogP contribution in [0.2, 0.25) is 5.02 Å². The Bertz CT molecular complexity index is 846. The Balaban J connectivity index is 1.60. The molecule has 8 heteroatoms. The number of nitrogens with one attached hydrogen (secondary N) is 4. The summed E-state index contributed by atoms with van der Waals surface area (Å²) in [6.07, 6.45) is 0. The molecule has 0 aliphatic heterocycles. The number of thiazole rings is 1. The second-order valence-corrected chi connectivity index (χ2v) is 5.98. The summed E-state index contributed by atoms with van der Waals surface area (Å²) in [6, 6.07) is 14.0. The summed E-state index contributed by atoms with van der Waals surface area (Å²) in [7, 11) is 0. The van der Waals surface area contributed by atoms with Crippen LogP contribution in [0.25, 0.3) is 10.2 Å². The maximum Gasteiger partial charge on any atom is 0.326 e. The number of guanidine groups is 1. The number of hydrogen-bond donors (Lipinski definition) is 4. The van der Waals surface area contributed by atoms with Gasteiger partial charge in [0, 0.05) is 0 Å². The molecule has 0 fully saturated rings. The van der Waals surface area contributed by atoms with Crippen LogP contribution in [0.5, 0.6) is 0 Å². The van der Waals surface area contributed by atoms with Crippen LogP contribution in [0.15, 0.2) is 48.5 Å². The van der Waals surface area contributed by atoms with Crippen molar-refractivity contribution in [2.45, 2.75) is 0 Å². The zero-order chi connectivity index (χ0) is 16.2. The molecule has 0 spiro atoms. The molecule has 3 aromatic rings. The molecule has 2 aromatic carbocycles. The molecule has 0 saturated heterocycles. The number of urea groups is 1. The number of para-hydroxylation sites is 2. The van der Waals surface area contributed by atoms with E-state index < -0.39 is 6.03 Å². The van der Waals surface area contributed by atoms with Crippen molar-refractivity contribution in [2.24, 2.45) is 0 Å². The van der Waals surface area contributed by atoms with E-state index in [0.29, 0.717) is 15.8 Å². The number of fused-ring (bicyclic) bond motifs is 1. The largest absolute Gasteiger partial charge is 0.326 e. The Hall–Kier alpha value is -2.64. The molecule has 3 rings (SSSR count). The minimum absolute atomic E-state index is 0.173. The smallest absolute Gasteiger partial charge is 0.306 e. The maximum atomic E-state index is 11.9. The molecule has 0 aliphatic carbocycles. The average molecular weight is 346 g/mol. The van der Waals surface area contributed by atoms with Gasteiger partial charge in [0.05, 0.1) is 20.9 Å². The number of rotatable bonds is 2. The van der Waals surface area contributed by atoms with Crippen molar-refractivity contribution in [3.8, 4) is 0 Å². The van der Waals surface area contributed by atoms with Crippen LogP contribution in [0.4, 0.5) is 15.6 Å². The summed E-state index contributed by atoms with van der Waals surface area (Å²) < 4.78 is 1.00. The highest BCUT2D eigenvalue weighted by Crippen LogP contribution is 2.25. The van der Waals surface area contributed by atoms with Gasteiger partial charge >= 0.3 is 6.03 Å². The molecule has 0 bridgehead atoms. The van der Waals surface area contributed by atoms with E-state index in [4.69, 9.17) is 17.0 Å². The molecular formula is C15H12ClN5OS. The highest BCUT2D eigenvalue weighted by molar-refractivity contribution is 7.22. The number of hydrogen-bond acceptors (Lipinski definition) is 4. The van der Waals surface area contributed by atoms with Gasteiger partial charge in [0.25, 0.3) is 0 Å². The number of anilines is 2. The molecule has 1 aromatic heterocycles. The van der Waals surface area contributed by atoms with Gasteiger partial charge in [0.2, 0.25) is 5.96 Å². The first-order valence-corrected chi connectivity index (χ1v) is 7.85. The SMILES string of the molecule is N=C(NC(=O)Nc1ccccc1Cl)Nc1nc2ccccc2s1. The molecule has 1 heterocycles. The van der Waals surface area contributed by atoms with Crippen molar-refractivity contribution in [1.29, 1.82) is 5.41 Å². The third-order valence-corrected chi connectivity index (χ3v) is 4.17. The van der Waals surface area contributed by atoms with Gasteiger partial charge in [0.1, 0.15) is 0 Å². The standard InChI is InChI=1S/C15H12ClN5OS/c16-9-5-1-2-6-10(9)18-14(22)20-13(17)21-15-19-11-7-3-4-8-12(11)23-15/h1-8H,(H4,17,18,19,20,21,22). The van der Waals surface area contributed by atoms with Crippen molar-refractivity contribution >= 4 is 56.0 Å². The van der Waals surface area contributed by atoms with E-state index in [9.17, 15) is 4.79 Å². The minimum atomic E-state index is -0.559. The van der Waals surface area contributed by atoms with E-state index in [2.05, 4.69) is 20.9 Å². The van der Waals surface area contributed by atoms with Crippen molar-refractivity contribution < 1.29 is 4.79 Å². The average Bonchev–Trinajstić information content (AvgIpc) is 2.91. The molecule has 0 atom stereocenters. The topological polar surface area (TPSA) is 89.9 Å². The molecule has 0 saturated carbocycles. The van der Waals surface area contributed by atoms with E-state index in [1.807, 2.05) is 24.3 Å². The molecular weight excluding hydrogens is 334 g/mol. The normalized spacial score (nSPS) is 10.3. The van der Waals surface area contributed by atoms with Gasteiger partial charge in [-0.15, -0.1) is 0 Å². The highest BCUT2D eigenvalue weighted by Gasteiger charge is 2.09. The number of aromatic nitrogens is 1. The number of amides is 2. The van der Waals surface area contributed by atoms with E-state index >= 15 is 0 Å². The molecule has 0 aliphatic rings. The molecule has 116 valence electrons. The predicted molar refractivity (Wildman–Crippen MR) is 94.6 cm³/mol. The van der Waals surface area contributed by atoms with Crippen molar-refractivity contribution in [2.75, 3.05) is 10.6 Å². The van der Waals surface area contributed by atoms with Crippen LogP contribution in [-0.4, -0.2) is 17.0 Å². The number of benzene rings is 2. The van der Waals surface area contributed by atoms with Crippen LogP contribution in [0.1, 0.15) is 0 Å². The van der Waals surface area contributed by atoms with Crippen molar-refractivity contribution in [3.05, 3.63) is 53.6 Å². The first kappa shape index (κ1) is 15.3. The maximum absolute atomic E-state index is 11.9. The summed E-state index contributed by atoms with van der Waals surface area (Å²) in [5, 5.41) is 16.5. The Labute approximate surface area is 141 Å². The predicted octanol–water partition coefficient (Wildman–Crippen LogP) is 4.12. The lowest BCUT2D eigenvalue weighted by molar-refractivity contribution is 0.256. The number of halogens is 1. The van der Waals surface area contributed by atoms with Gasteiger partial charge < -0.3 is 10.6 Å². The fourth-order valence-electron chi connectivity index (χ4n) is 1.89. The summed E-state index contributed by atoms with van der Waals surface area (Å²) >= 11 is 7.36. The second-order valence-electron chi connectivity index (χ2n) is 4.55. The lowest BCUT2D eigenvalue weighted by Gasteiger charge is -2.09. The number of carbonyl (C=O) groups is 1. The first-order valence-electron chi connectivity index (χ1n) is 6.65. The Morgan fingerprint density at radius 2 is 1.83 bits per heavy atom. The first-order chi connectivity index (χ1) is 11.1. The highest BCUT2D eigenvalue weighted by atomic mass is 35.5. The van der Waals surface area contributed by atoms with Crippen LogP contribution in [0.3, 0.4) is 0 Å². The summed E-state index contributed by atoms with van der Waals surface area (Å²) in [5.41, 5.74) is 1.31. The van der Waals surface area contributed by atoms with Crippen LogP contribution in [-0.2, 0) is 0 Å². The molecule has 6 nitrogen and oxygen atoms in total. The number of nitrogens with zero attached hydrogens (tertiary/aromatic N) is 1. The Morgan fingerprint density at radius 3 is 2.61 bits per heavy atom. The third-order valence-electron chi connectivity index (χ3n) is 2.89. The molecule has 23 heavy (non-hydrogen) atoms. The van der Waals surface area contributed by atoms with Crippen molar-refractivity contribution in [1.82, 2.24) is 10.3 Å². The Kier molecular flexibility index (Phi) is 4.40. The lowest BCUT2D eigenvalue weighted by atomic mass is 10.3. The van der Waals surface area contributed by atoms with Gasteiger partial charge in [0.15, 0.2) is 5.13 Å². The van der Waals surface area contributed by atoms with Crippen LogP contribution >= 0.6 is 22.9 Å². The zero-order valence-electron chi connectivity index (χ0n) is 11.8. The van der Waals surface area contributed by atoms with Crippen LogP contribution in [0, 0.1) is 5.41 Å². The zero-order valence-corrected chi connectivity index (χ0v) is 13.3. The monoisotopic (exact) mass is 345 g/mol. The van der Waals surface area contributed by atoms with Gasteiger partial charge in [-0.3, -0.25) is 10.7 Å². The van der Waals surface area contributed by atoms with Crippen LogP contribution < -0.4 is 16.0 Å². The van der Waals surface area contributed by atoms with Gasteiger partial charge in [-0.2, -0.15) is 0 Å². The Morgan fingerprint density at radius 1 is 1.09 bits per heavy atom. The summed E-state index contributed by atoms with van der Waals surface area (Å²) in [4.78, 5) is 16.2. The summed E-state index contributed by atoms with van der Waals surface area (Å²) in [5.74, 6) is -0.173. The summed E-state index contributed by atoms with van der Waals surface area (Å²) in [6.45, 7) is 0. The lowest BCUT2D eigenvalue weighted by Crippen LogP contribution is -2.38. The van der Waals surface area contributed by atoms with Gasteiger partial charge in [-0.25, -0.2) is 9.78 Å². The van der Waals surface area contributed by atoms with E-state index in [-0.39, 0.29) is 5.96 Å². The third kappa shape index (κ3) is 3.77. The molecule has 2 amide bonds. The number of carbonyl (C=O) groups excluding carboxylic acids is 1. The van der Waals surface area contributed by atoms with Crippen molar-refractivity contribution in [3.63, 3.8) is 0 Å². The molecule has 0 radical (unpaired) electrons. The second kappa shape index (κ2) is 6.64. The fourth-order valence-corrected chi connectivity index (χ4v) is 2.95. The van der Waals surface area contributed by atoms with E-state index in [1.165, 1.54) is 11.3 Å².